The van der Waals surface area contributed by atoms with Crippen LogP contribution in [0.15, 0.2) is 152 Å². The highest BCUT2D eigenvalue weighted by molar-refractivity contribution is 6.13. The standard InChI is InChI=1S/C41H25NO/c1-2-14-27-26(12-1)13-11-22-36(27)42-37-21-9-5-17-30(37)31-24-25-35-40(39(31)42)43-38-23-10-8-20-34(38)41(35)32-18-6-3-15-28(32)29-16-4-7-19-33(29)41/h1-25H. The number of hydrogen-bond donors (Lipinski definition) is 0. The summed E-state index contributed by atoms with van der Waals surface area (Å²) in [6.45, 7) is 0. The molecule has 0 saturated carbocycles. The van der Waals surface area contributed by atoms with Crippen LogP contribution >= 0.6 is 0 Å². The fraction of sp³-hybridized carbons (Fsp3) is 0.0244. The monoisotopic (exact) mass is 547 g/mol. The van der Waals surface area contributed by atoms with Crippen LogP contribution in [0.25, 0.3) is 49.4 Å². The molecule has 2 heterocycles. The molecule has 1 spiro atoms. The highest BCUT2D eigenvalue weighted by Gasteiger charge is 2.51. The second kappa shape index (κ2) is 8.24. The summed E-state index contributed by atoms with van der Waals surface area (Å²) in [4.78, 5) is 0. The lowest BCUT2D eigenvalue weighted by Gasteiger charge is -2.39. The van der Waals surface area contributed by atoms with E-state index in [9.17, 15) is 0 Å². The van der Waals surface area contributed by atoms with Crippen LogP contribution in [0.3, 0.4) is 0 Å². The van der Waals surface area contributed by atoms with Gasteiger partial charge in [0.05, 0.1) is 22.1 Å². The van der Waals surface area contributed by atoms with Crippen LogP contribution in [0.5, 0.6) is 11.5 Å². The molecule has 0 amide bonds. The fourth-order valence-corrected chi connectivity index (χ4v) is 8.02. The molecule has 0 N–H and O–H groups in total. The predicted molar refractivity (Wildman–Crippen MR) is 176 cm³/mol. The Morgan fingerprint density at radius 1 is 0.442 bits per heavy atom. The van der Waals surface area contributed by atoms with Crippen molar-refractivity contribution in [2.45, 2.75) is 5.41 Å². The van der Waals surface area contributed by atoms with E-state index in [0.717, 1.165) is 22.7 Å². The van der Waals surface area contributed by atoms with Crippen molar-refractivity contribution in [1.29, 1.82) is 0 Å². The molecule has 0 bridgehead atoms. The summed E-state index contributed by atoms with van der Waals surface area (Å²) in [5, 5.41) is 4.85. The second-order valence-corrected chi connectivity index (χ2v) is 11.6. The number of aromatic nitrogens is 1. The maximum Gasteiger partial charge on any atom is 0.156 e. The molecule has 7 aromatic carbocycles. The normalized spacial score (nSPS) is 14.0. The van der Waals surface area contributed by atoms with Gasteiger partial charge in [0, 0.05) is 27.3 Å². The molecule has 1 aromatic heterocycles. The molecular formula is C41H25NO. The number of para-hydroxylation sites is 2. The van der Waals surface area contributed by atoms with Gasteiger partial charge in [-0.15, -0.1) is 0 Å². The molecule has 8 aromatic rings. The van der Waals surface area contributed by atoms with E-state index in [1.165, 1.54) is 60.4 Å². The SMILES string of the molecule is c1ccc2c(c1)Oc1c(ccc3c4ccccc4n(-c4cccc5ccccc45)c13)C21c2ccccc2-c2ccccc21. The molecule has 43 heavy (non-hydrogen) atoms. The summed E-state index contributed by atoms with van der Waals surface area (Å²) >= 11 is 0. The molecule has 2 heteroatoms. The molecule has 2 nitrogen and oxygen atoms in total. The minimum absolute atomic E-state index is 0.494. The highest BCUT2D eigenvalue weighted by Crippen LogP contribution is 2.63. The van der Waals surface area contributed by atoms with E-state index in [0.29, 0.717) is 0 Å². The van der Waals surface area contributed by atoms with E-state index in [-0.39, 0.29) is 0 Å². The van der Waals surface area contributed by atoms with Gasteiger partial charge < -0.3 is 9.30 Å². The Kier molecular flexibility index (Phi) is 4.41. The van der Waals surface area contributed by atoms with Crippen molar-refractivity contribution in [1.82, 2.24) is 4.57 Å². The summed E-state index contributed by atoms with van der Waals surface area (Å²) in [6.07, 6.45) is 0. The first-order valence-electron chi connectivity index (χ1n) is 14.9. The zero-order chi connectivity index (χ0) is 28.1. The first kappa shape index (κ1) is 23.0. The van der Waals surface area contributed by atoms with Crippen molar-refractivity contribution in [3.05, 3.63) is 174 Å². The molecule has 0 unspecified atom stereocenters. The lowest BCUT2D eigenvalue weighted by molar-refractivity contribution is 0.440. The predicted octanol–water partition coefficient (Wildman–Crippen LogP) is 10.4. The smallest absolute Gasteiger partial charge is 0.156 e. The molecule has 1 aliphatic heterocycles. The molecule has 0 radical (unpaired) electrons. The third kappa shape index (κ3) is 2.78. The van der Waals surface area contributed by atoms with Crippen LogP contribution in [-0.2, 0) is 5.41 Å². The van der Waals surface area contributed by atoms with Crippen molar-refractivity contribution >= 4 is 32.6 Å². The first-order chi connectivity index (χ1) is 21.4. The molecule has 0 atom stereocenters. The Balaban J connectivity index is 1.43. The maximum absolute atomic E-state index is 7.09. The average molecular weight is 548 g/mol. The summed E-state index contributed by atoms with van der Waals surface area (Å²) in [5.41, 5.74) is 10.5. The van der Waals surface area contributed by atoms with Gasteiger partial charge in [-0.05, 0) is 45.8 Å². The first-order valence-corrected chi connectivity index (χ1v) is 14.9. The topological polar surface area (TPSA) is 14.2 Å². The van der Waals surface area contributed by atoms with Gasteiger partial charge in [-0.1, -0.05) is 133 Å². The van der Waals surface area contributed by atoms with E-state index in [1.54, 1.807) is 0 Å². The van der Waals surface area contributed by atoms with Crippen molar-refractivity contribution < 1.29 is 4.74 Å². The maximum atomic E-state index is 7.09. The highest BCUT2D eigenvalue weighted by atomic mass is 16.5. The van der Waals surface area contributed by atoms with Crippen LogP contribution in [0.2, 0.25) is 0 Å². The van der Waals surface area contributed by atoms with Crippen molar-refractivity contribution in [2.24, 2.45) is 0 Å². The van der Waals surface area contributed by atoms with E-state index in [1.807, 2.05) is 0 Å². The Labute approximate surface area is 249 Å². The minimum atomic E-state index is -0.494. The van der Waals surface area contributed by atoms with Crippen LogP contribution in [-0.4, -0.2) is 4.57 Å². The van der Waals surface area contributed by atoms with Gasteiger partial charge in [0.1, 0.15) is 5.75 Å². The lowest BCUT2D eigenvalue weighted by Crippen LogP contribution is -2.32. The quantitative estimate of drug-likeness (QED) is 0.199. The fourth-order valence-electron chi connectivity index (χ4n) is 8.02. The van der Waals surface area contributed by atoms with E-state index in [4.69, 9.17) is 4.74 Å². The Bertz CT molecular complexity index is 2400. The molecule has 0 fully saturated rings. The Hall–Kier alpha value is -5.60. The van der Waals surface area contributed by atoms with Crippen molar-refractivity contribution in [3.8, 4) is 28.3 Å². The zero-order valence-corrected chi connectivity index (χ0v) is 23.3. The number of rotatable bonds is 1. The summed E-state index contributed by atoms with van der Waals surface area (Å²) in [6, 6.07) is 55.1. The number of benzene rings is 7. The summed E-state index contributed by atoms with van der Waals surface area (Å²) in [5.74, 6) is 1.83. The van der Waals surface area contributed by atoms with E-state index < -0.39 is 5.41 Å². The van der Waals surface area contributed by atoms with E-state index in [2.05, 4.69) is 156 Å². The van der Waals surface area contributed by atoms with Gasteiger partial charge in [-0.3, -0.25) is 0 Å². The minimum Gasteiger partial charge on any atom is -0.454 e. The molecular weight excluding hydrogens is 522 g/mol. The van der Waals surface area contributed by atoms with Crippen LogP contribution in [0.1, 0.15) is 22.3 Å². The lowest BCUT2D eigenvalue weighted by atomic mass is 9.66. The number of ether oxygens (including phenoxy) is 1. The Morgan fingerprint density at radius 3 is 1.88 bits per heavy atom. The average Bonchev–Trinajstić information content (AvgIpc) is 3.56. The molecule has 2 aliphatic rings. The van der Waals surface area contributed by atoms with Gasteiger partial charge in [0.2, 0.25) is 0 Å². The van der Waals surface area contributed by atoms with Crippen molar-refractivity contribution in [2.75, 3.05) is 0 Å². The van der Waals surface area contributed by atoms with E-state index >= 15 is 0 Å². The summed E-state index contributed by atoms with van der Waals surface area (Å²) in [7, 11) is 0. The van der Waals surface area contributed by atoms with Crippen LogP contribution in [0.4, 0.5) is 0 Å². The second-order valence-electron chi connectivity index (χ2n) is 11.6. The number of hydrogen-bond acceptors (Lipinski definition) is 1. The Morgan fingerprint density at radius 2 is 1.07 bits per heavy atom. The molecule has 0 saturated heterocycles. The van der Waals surface area contributed by atoms with Gasteiger partial charge in [-0.25, -0.2) is 0 Å². The van der Waals surface area contributed by atoms with Crippen LogP contribution in [0, 0.1) is 0 Å². The summed E-state index contributed by atoms with van der Waals surface area (Å²) < 4.78 is 9.52. The number of nitrogens with zero attached hydrogens (tertiary/aromatic N) is 1. The zero-order valence-electron chi connectivity index (χ0n) is 23.3. The van der Waals surface area contributed by atoms with Gasteiger partial charge in [0.15, 0.2) is 5.75 Å². The van der Waals surface area contributed by atoms with Gasteiger partial charge in [0.25, 0.3) is 0 Å². The third-order valence-corrected chi connectivity index (χ3v) is 9.66. The third-order valence-electron chi connectivity index (χ3n) is 9.66. The largest absolute Gasteiger partial charge is 0.454 e. The number of fused-ring (bicyclic) bond motifs is 14. The molecule has 200 valence electrons. The van der Waals surface area contributed by atoms with Gasteiger partial charge >= 0.3 is 0 Å². The van der Waals surface area contributed by atoms with Gasteiger partial charge in [-0.2, -0.15) is 0 Å². The molecule has 10 rings (SSSR count). The van der Waals surface area contributed by atoms with Crippen molar-refractivity contribution in [3.63, 3.8) is 0 Å². The molecule has 1 aliphatic carbocycles. The van der Waals surface area contributed by atoms with Crippen LogP contribution < -0.4 is 4.74 Å².